The number of piperazine rings is 1. The van der Waals surface area contributed by atoms with E-state index in [2.05, 4.69) is 15.2 Å². The molecule has 85 heavy (non-hydrogen) atoms. The molecule has 8 atom stereocenters. The molecule has 3 fully saturated rings. The van der Waals surface area contributed by atoms with Crippen molar-refractivity contribution in [2.24, 2.45) is 5.92 Å². The van der Waals surface area contributed by atoms with E-state index in [0.29, 0.717) is 135 Å². The van der Waals surface area contributed by atoms with Gasteiger partial charge in [-0.05, 0) is 99.2 Å². The monoisotopic (exact) mass is 1230 g/mol. The zero-order valence-electron chi connectivity index (χ0n) is 48.4. The van der Waals surface area contributed by atoms with E-state index >= 15 is 0 Å². The third-order valence-corrected chi connectivity index (χ3v) is 20.4. The number of phenolic OH excluding ortho intramolecular Hbond substituents is 2. The van der Waals surface area contributed by atoms with Crippen LogP contribution in [0.5, 0.6) is 46.0 Å². The first-order valence-electron chi connectivity index (χ1n) is 28.1. The minimum Gasteiger partial charge on any atom is -0.504 e. The second-order valence-corrected chi connectivity index (χ2v) is 24.7. The zero-order chi connectivity index (χ0) is 60.2. The number of nitrogens with zero attached hydrogens (tertiary/aromatic N) is 3. The summed E-state index contributed by atoms with van der Waals surface area (Å²) in [4.78, 5) is 62.0. The van der Waals surface area contributed by atoms with Gasteiger partial charge in [0, 0.05) is 83.4 Å². The number of hydrogen-bond donors (Lipinski definition) is 5. The van der Waals surface area contributed by atoms with Crippen molar-refractivity contribution in [3.05, 3.63) is 123 Å². The van der Waals surface area contributed by atoms with Gasteiger partial charge in [0.05, 0.1) is 86.7 Å². The van der Waals surface area contributed by atoms with Gasteiger partial charge >= 0.3 is 11.9 Å². The molecule has 21 nitrogen and oxygen atoms in total. The number of aromatic hydroxyl groups is 2. The van der Waals surface area contributed by atoms with E-state index in [9.17, 15) is 34.5 Å². The van der Waals surface area contributed by atoms with Gasteiger partial charge in [0.15, 0.2) is 40.0 Å². The fraction of sp³-hybridized carbons (Fsp3) is 0.475. The molecule has 3 saturated heterocycles. The molecule has 0 saturated carbocycles. The Morgan fingerprint density at radius 2 is 1.65 bits per heavy atom. The fourth-order valence-electron chi connectivity index (χ4n) is 14.2. The minimum atomic E-state index is -1.36. The second-order valence-electron chi connectivity index (χ2n) is 22.8. The number of esters is 2. The molecule has 1 aromatic heterocycles. The van der Waals surface area contributed by atoms with Gasteiger partial charge in [0.2, 0.25) is 6.79 Å². The van der Waals surface area contributed by atoms with Crippen LogP contribution in [0.2, 0.25) is 10.0 Å². The molecular formula is C61H67Cl2N5O16S. The second kappa shape index (κ2) is 22.7. The number of aromatic amines is 1. The lowest BCUT2D eigenvalue weighted by atomic mass is 9.73. The number of aryl methyl sites for hydroxylation is 2. The number of benzene rings is 4. The number of carbonyl (C=O) groups is 3. The van der Waals surface area contributed by atoms with E-state index in [0.717, 1.165) is 22.3 Å². The van der Waals surface area contributed by atoms with Gasteiger partial charge in [0.1, 0.15) is 24.3 Å². The minimum absolute atomic E-state index is 0.0226. The van der Waals surface area contributed by atoms with Gasteiger partial charge in [-0.15, -0.1) is 11.8 Å². The fourth-order valence-corrected chi connectivity index (χ4v) is 16.6. The van der Waals surface area contributed by atoms with Crippen LogP contribution in [0.1, 0.15) is 108 Å². The highest BCUT2D eigenvalue weighted by molar-refractivity contribution is 7.99. The first-order chi connectivity index (χ1) is 40.8. The molecule has 4 aromatic carbocycles. The Balaban J connectivity index is 0.000000194. The Morgan fingerprint density at radius 3 is 2.34 bits per heavy atom. The van der Waals surface area contributed by atoms with E-state index in [-0.39, 0.29) is 72.5 Å². The van der Waals surface area contributed by atoms with Gasteiger partial charge in [-0.25, -0.2) is 4.79 Å². The molecule has 14 rings (SSSR count). The maximum Gasteiger partial charge on any atom is 0.331 e. The summed E-state index contributed by atoms with van der Waals surface area (Å²) >= 11 is 14.8. The molecule has 8 unspecified atom stereocenters. The number of likely N-dealkylation sites (N-methyl/N-ethyl adjacent to an activating group) is 1. The molecule has 10 heterocycles. The average Bonchev–Trinajstić information content (AvgIpc) is 1.41. The van der Waals surface area contributed by atoms with Crippen molar-refractivity contribution in [3.8, 4) is 46.0 Å². The average molecular weight is 1230 g/mol. The van der Waals surface area contributed by atoms with Crippen molar-refractivity contribution in [1.29, 1.82) is 0 Å². The number of methoxy groups -OCH3 is 4. The molecule has 5 N–H and O–H groups in total. The summed E-state index contributed by atoms with van der Waals surface area (Å²) in [6.07, 6.45) is 0.197. The van der Waals surface area contributed by atoms with Crippen LogP contribution >= 0.6 is 35.0 Å². The lowest BCUT2D eigenvalue weighted by Gasteiger charge is -2.62. The lowest BCUT2D eigenvalue weighted by molar-refractivity contribution is -0.186. The van der Waals surface area contributed by atoms with Crippen LogP contribution in [-0.2, 0) is 55.1 Å². The number of phenols is 2. The van der Waals surface area contributed by atoms with Crippen LogP contribution in [0, 0.1) is 26.7 Å². The number of H-pyrrole nitrogens is 1. The van der Waals surface area contributed by atoms with Crippen LogP contribution in [0.3, 0.4) is 0 Å². The van der Waals surface area contributed by atoms with Crippen molar-refractivity contribution in [2.75, 3.05) is 80.9 Å². The molecule has 1 spiro atoms. The van der Waals surface area contributed by atoms with E-state index in [1.54, 1.807) is 43.2 Å². The number of thioether (sulfide) groups is 1. The van der Waals surface area contributed by atoms with E-state index in [1.165, 1.54) is 40.0 Å². The largest absolute Gasteiger partial charge is 0.504 e. The van der Waals surface area contributed by atoms with E-state index in [1.807, 2.05) is 31.9 Å². The third kappa shape index (κ3) is 9.43. The van der Waals surface area contributed by atoms with Gasteiger partial charge in [-0.1, -0.05) is 29.3 Å². The predicted octanol–water partition coefficient (Wildman–Crippen LogP) is 6.94. The normalized spacial score (nSPS) is 25.0. The molecular weight excluding hydrogens is 1160 g/mol. The van der Waals surface area contributed by atoms with E-state index < -0.39 is 47.1 Å². The Kier molecular flexibility index (Phi) is 15.7. The molecule has 0 radical (unpaired) electrons. The number of pyridine rings is 1. The molecule has 4 bridgehead atoms. The Hall–Kier alpha value is -6.47. The summed E-state index contributed by atoms with van der Waals surface area (Å²) in [6.45, 7) is 8.70. The van der Waals surface area contributed by atoms with Crippen molar-refractivity contribution < 1.29 is 72.3 Å². The van der Waals surface area contributed by atoms with Gasteiger partial charge in [0.25, 0.3) is 11.5 Å². The van der Waals surface area contributed by atoms with Gasteiger partial charge < -0.3 is 67.8 Å². The highest BCUT2D eigenvalue weighted by Gasteiger charge is 2.61. The quantitative estimate of drug-likeness (QED) is 0.0740. The summed E-state index contributed by atoms with van der Waals surface area (Å²) in [5.74, 6) is 1.28. The number of aromatic nitrogens is 1. The number of rotatable bonds is 9. The maximum atomic E-state index is 14.7. The molecule has 24 heteroatoms. The number of fused-ring (bicyclic) bond motifs is 10. The standard InChI is InChI=1S/C39H43N3O11S.C22H24Cl2N2O5/c1-16-9-20-10-22-37(46)42-23-13-50-38(47)39(21-12-25(48-5)24(44)11-19(21)7-8-40-39)14-54-36(30(42)29(41(22)4)26(20)31(45)32(16)49-6)28-27(23)35-34(51-15-52-35)17(2)33(28)53-18(3)43;1-11-6-17(29-2)15(21(27)25-11)8-26-5-4-13-16(23)7-14(19(24)18(13)22(26)28)20(30-3)12-9-31-10-12/h9,11-12,22-23,29-30,36-37,40,44-46H,7-8,10,13-15H2,1-6H3;6-7,12,20H,4-5,8-10H2,1-3H3,(H,25,27). The first kappa shape index (κ1) is 58.9. The van der Waals surface area contributed by atoms with Crippen molar-refractivity contribution in [2.45, 2.75) is 101 Å². The van der Waals surface area contributed by atoms with Crippen LogP contribution in [-0.4, -0.2) is 152 Å². The summed E-state index contributed by atoms with van der Waals surface area (Å²) in [6, 6.07) is 6.67. The highest BCUT2D eigenvalue weighted by atomic mass is 35.5. The summed E-state index contributed by atoms with van der Waals surface area (Å²) < 4.78 is 52.3. The Labute approximate surface area is 504 Å². The Morgan fingerprint density at radius 1 is 0.894 bits per heavy atom. The van der Waals surface area contributed by atoms with Gasteiger partial charge in [-0.2, -0.15) is 0 Å². The highest BCUT2D eigenvalue weighted by Crippen LogP contribution is 2.65. The van der Waals surface area contributed by atoms with Crippen LogP contribution < -0.4 is 39.3 Å². The van der Waals surface area contributed by atoms with Crippen LogP contribution in [0.15, 0.2) is 35.1 Å². The first-order valence-corrected chi connectivity index (χ1v) is 29.9. The predicted molar refractivity (Wildman–Crippen MR) is 312 cm³/mol. The van der Waals surface area contributed by atoms with Crippen molar-refractivity contribution in [1.82, 2.24) is 25.0 Å². The number of aliphatic hydroxyl groups excluding tert-OH is 1. The topological polar surface area (TPSA) is 250 Å². The molecule has 0 aliphatic carbocycles. The molecule has 452 valence electrons. The molecule has 9 aliphatic heterocycles. The number of hydrogen-bond acceptors (Lipinski definition) is 20. The summed E-state index contributed by atoms with van der Waals surface area (Å²) in [7, 11) is 8.07. The van der Waals surface area contributed by atoms with Crippen LogP contribution in [0.4, 0.5) is 0 Å². The van der Waals surface area contributed by atoms with Crippen LogP contribution in [0.25, 0.3) is 0 Å². The summed E-state index contributed by atoms with van der Waals surface area (Å²) in [5.41, 5.74) is 6.94. The number of ether oxygens (including phenoxy) is 9. The molecule has 5 aromatic rings. The molecule has 9 aliphatic rings. The summed E-state index contributed by atoms with van der Waals surface area (Å²) in [5, 5.41) is 39.0. The maximum absolute atomic E-state index is 14.7. The third-order valence-electron chi connectivity index (χ3n) is 18.2. The molecule has 1 amide bonds. The van der Waals surface area contributed by atoms with Gasteiger partial charge in [-0.3, -0.25) is 29.5 Å². The number of carbonyl (C=O) groups excluding carboxylic acids is 3. The smallest absolute Gasteiger partial charge is 0.331 e. The Bertz CT molecular complexity index is 3660. The number of aliphatic hydroxyl groups is 1. The number of nitrogens with one attached hydrogen (secondary N) is 2. The van der Waals surface area contributed by atoms with Crippen molar-refractivity contribution >= 4 is 52.8 Å². The number of halogens is 2. The van der Waals surface area contributed by atoms with E-state index in [4.69, 9.17) is 65.8 Å². The van der Waals surface area contributed by atoms with Crippen molar-refractivity contribution in [3.63, 3.8) is 0 Å². The lowest BCUT2D eigenvalue weighted by Crippen LogP contribution is -2.70. The SMILES string of the molecule is COc1cc(C)[nH]c(=O)c1CN1CCc2c(Cl)cc(C(OC)C3COC3)c(Cl)c2C1=O.COc1cc2c(cc1O)CCNC21CSC2c3c(OC(C)=O)c(C)c4c(c3C(COC1=O)N1C(O)C3Cc5cc(C)c(OC)c(O)c5C(C21)N3C)OCO4. The zero-order valence-corrected chi connectivity index (χ0v) is 50.8. The number of amides is 1.